The Kier molecular flexibility index (Phi) is 4.96. The molecule has 0 aliphatic carbocycles. The number of rotatable bonds is 5. The van der Waals surface area contributed by atoms with E-state index in [1.165, 1.54) is 13.8 Å². The number of hydrogen-bond donors (Lipinski definition) is 1. The lowest BCUT2D eigenvalue weighted by Gasteiger charge is -2.29. The standard InChI is InChI=1S/C19H24N2O5S/c1-9-15(11(3)22)10(2)20-16(9)17(24)12(4)26-18(25)13-8-27-19(5)7-6-14(23)21(13)19/h12-13,20H,6-8H2,1-5H3/t12-,13+,19+/m0/s1. The van der Waals surface area contributed by atoms with E-state index in [4.69, 9.17) is 4.74 Å². The molecule has 2 aliphatic rings. The molecule has 1 N–H and O–H groups in total. The summed E-state index contributed by atoms with van der Waals surface area (Å²) < 4.78 is 5.42. The fourth-order valence-electron chi connectivity index (χ4n) is 4.03. The van der Waals surface area contributed by atoms with Gasteiger partial charge in [0.15, 0.2) is 11.9 Å². The average molecular weight is 392 g/mol. The van der Waals surface area contributed by atoms with Crippen LogP contribution in [0.2, 0.25) is 0 Å². The average Bonchev–Trinajstić information content (AvgIpc) is 3.18. The van der Waals surface area contributed by atoms with Gasteiger partial charge in [-0.2, -0.15) is 0 Å². The fourth-order valence-corrected chi connectivity index (χ4v) is 5.45. The molecule has 0 bridgehead atoms. The number of amides is 1. The van der Waals surface area contributed by atoms with E-state index in [0.29, 0.717) is 35.4 Å². The van der Waals surface area contributed by atoms with Crippen LogP contribution < -0.4 is 0 Å². The first-order chi connectivity index (χ1) is 12.6. The molecule has 0 aromatic carbocycles. The number of aromatic amines is 1. The van der Waals surface area contributed by atoms with E-state index in [9.17, 15) is 19.2 Å². The zero-order valence-electron chi connectivity index (χ0n) is 16.2. The molecule has 1 aromatic heterocycles. The minimum Gasteiger partial charge on any atom is -0.453 e. The lowest BCUT2D eigenvalue weighted by molar-refractivity contribution is -0.155. The maximum Gasteiger partial charge on any atom is 0.330 e. The summed E-state index contributed by atoms with van der Waals surface area (Å²) in [4.78, 5) is 53.5. The van der Waals surface area contributed by atoms with Crippen molar-refractivity contribution in [3.8, 4) is 0 Å². The van der Waals surface area contributed by atoms with Gasteiger partial charge in [-0.15, -0.1) is 11.8 Å². The van der Waals surface area contributed by atoms with Crippen molar-refractivity contribution in [2.75, 3.05) is 5.75 Å². The third kappa shape index (κ3) is 3.20. The van der Waals surface area contributed by atoms with E-state index < -0.39 is 23.9 Å². The normalized spacial score (nSPS) is 25.4. The summed E-state index contributed by atoms with van der Waals surface area (Å²) in [5.74, 6) is -0.658. The molecular weight excluding hydrogens is 368 g/mol. The van der Waals surface area contributed by atoms with E-state index in [0.717, 1.165) is 0 Å². The summed E-state index contributed by atoms with van der Waals surface area (Å²) in [6.45, 7) is 8.34. The van der Waals surface area contributed by atoms with Gasteiger partial charge in [0.2, 0.25) is 11.7 Å². The molecule has 2 aliphatic heterocycles. The number of ether oxygens (including phenoxy) is 1. The second-order valence-corrected chi connectivity index (χ2v) is 8.89. The van der Waals surface area contributed by atoms with Gasteiger partial charge in [-0.05, 0) is 46.6 Å². The number of esters is 1. The zero-order valence-corrected chi connectivity index (χ0v) is 17.0. The second-order valence-electron chi connectivity index (χ2n) is 7.39. The number of carbonyl (C=O) groups excluding carboxylic acids is 4. The molecule has 1 aromatic rings. The van der Waals surface area contributed by atoms with Gasteiger partial charge in [-0.25, -0.2) is 4.79 Å². The summed E-state index contributed by atoms with van der Waals surface area (Å²) in [5, 5.41) is 0. The molecule has 3 heterocycles. The number of H-pyrrole nitrogens is 1. The molecule has 0 saturated carbocycles. The zero-order chi connectivity index (χ0) is 20.1. The third-order valence-electron chi connectivity index (χ3n) is 5.42. The molecule has 3 rings (SSSR count). The summed E-state index contributed by atoms with van der Waals surface area (Å²) in [6, 6.07) is -0.662. The SMILES string of the molecule is CC(=O)c1c(C)[nH]c(C(=O)[C@H](C)OC(=O)[C@H]2CS[C@]3(C)CCC(=O)N23)c1C. The van der Waals surface area contributed by atoms with E-state index in [1.54, 1.807) is 30.5 Å². The number of ketones is 2. The van der Waals surface area contributed by atoms with Crippen molar-refractivity contribution in [2.24, 2.45) is 0 Å². The molecule has 0 spiro atoms. The van der Waals surface area contributed by atoms with Crippen LogP contribution in [0.25, 0.3) is 0 Å². The topological polar surface area (TPSA) is 96.5 Å². The van der Waals surface area contributed by atoms with E-state index >= 15 is 0 Å². The number of hydrogen-bond acceptors (Lipinski definition) is 6. The predicted molar refractivity (Wildman–Crippen MR) is 101 cm³/mol. The van der Waals surface area contributed by atoms with Gasteiger partial charge in [-0.1, -0.05) is 0 Å². The van der Waals surface area contributed by atoms with Crippen LogP contribution in [0.3, 0.4) is 0 Å². The Balaban J connectivity index is 1.74. The molecule has 1 amide bonds. The molecular formula is C19H24N2O5S. The first kappa shape index (κ1) is 19.7. The Hall–Kier alpha value is -2.09. The largest absolute Gasteiger partial charge is 0.453 e. The predicted octanol–water partition coefficient (Wildman–Crippen LogP) is 2.40. The lowest BCUT2D eigenvalue weighted by Crippen LogP contribution is -2.47. The maximum atomic E-state index is 12.8. The van der Waals surface area contributed by atoms with Crippen LogP contribution in [-0.2, 0) is 14.3 Å². The van der Waals surface area contributed by atoms with Gasteiger partial charge in [0.25, 0.3) is 0 Å². The van der Waals surface area contributed by atoms with E-state index in [-0.39, 0.29) is 22.3 Å². The Morgan fingerprint density at radius 3 is 2.59 bits per heavy atom. The first-order valence-corrected chi connectivity index (χ1v) is 9.96. The highest BCUT2D eigenvalue weighted by Crippen LogP contribution is 2.47. The van der Waals surface area contributed by atoms with Crippen molar-refractivity contribution in [3.63, 3.8) is 0 Å². The van der Waals surface area contributed by atoms with Crippen molar-refractivity contribution >= 4 is 35.2 Å². The molecule has 146 valence electrons. The summed E-state index contributed by atoms with van der Waals surface area (Å²) in [5.41, 5.74) is 1.95. The number of nitrogens with one attached hydrogen (secondary N) is 1. The van der Waals surface area contributed by atoms with E-state index in [1.807, 2.05) is 6.92 Å². The number of aryl methyl sites for hydroxylation is 1. The van der Waals surface area contributed by atoms with Gasteiger partial charge < -0.3 is 14.6 Å². The van der Waals surface area contributed by atoms with Crippen LogP contribution in [-0.4, -0.2) is 56.1 Å². The van der Waals surface area contributed by atoms with E-state index in [2.05, 4.69) is 4.98 Å². The highest BCUT2D eigenvalue weighted by atomic mass is 32.2. The Bertz CT molecular complexity index is 845. The molecule has 27 heavy (non-hydrogen) atoms. The Morgan fingerprint density at radius 2 is 2.00 bits per heavy atom. The number of aromatic nitrogens is 1. The van der Waals surface area contributed by atoms with Crippen LogP contribution >= 0.6 is 11.8 Å². The molecule has 8 heteroatoms. The Morgan fingerprint density at radius 1 is 1.33 bits per heavy atom. The van der Waals surface area contributed by atoms with Gasteiger partial charge in [-0.3, -0.25) is 14.4 Å². The van der Waals surface area contributed by atoms with Crippen LogP contribution in [0.4, 0.5) is 0 Å². The summed E-state index contributed by atoms with van der Waals surface area (Å²) >= 11 is 1.57. The van der Waals surface area contributed by atoms with Gasteiger partial charge in [0.05, 0.1) is 10.6 Å². The van der Waals surface area contributed by atoms with Gasteiger partial charge in [0, 0.05) is 23.4 Å². The van der Waals surface area contributed by atoms with Crippen molar-refractivity contribution in [3.05, 3.63) is 22.5 Å². The Labute approximate surface area is 162 Å². The third-order valence-corrected chi connectivity index (χ3v) is 6.92. The van der Waals surface area contributed by atoms with Crippen molar-refractivity contribution in [1.29, 1.82) is 0 Å². The number of thioether (sulfide) groups is 1. The molecule has 2 fully saturated rings. The quantitative estimate of drug-likeness (QED) is 0.611. The molecule has 3 atom stereocenters. The summed E-state index contributed by atoms with van der Waals surface area (Å²) in [6.07, 6.45) is 0.128. The molecule has 0 radical (unpaired) electrons. The number of Topliss-reactive ketones (excluding diaryl/α,β-unsaturated/α-hetero) is 2. The second kappa shape index (κ2) is 6.82. The molecule has 0 unspecified atom stereocenters. The summed E-state index contributed by atoms with van der Waals surface area (Å²) in [7, 11) is 0. The van der Waals surface area contributed by atoms with Crippen LogP contribution in [0, 0.1) is 13.8 Å². The highest BCUT2D eigenvalue weighted by molar-refractivity contribution is 8.01. The maximum absolute atomic E-state index is 12.8. The van der Waals surface area contributed by atoms with Crippen LogP contribution in [0.5, 0.6) is 0 Å². The fraction of sp³-hybridized carbons (Fsp3) is 0.579. The molecule has 2 saturated heterocycles. The minimum absolute atomic E-state index is 0.0506. The minimum atomic E-state index is -1.01. The number of fused-ring (bicyclic) bond motifs is 1. The number of carbonyl (C=O) groups is 4. The van der Waals surface area contributed by atoms with Crippen LogP contribution in [0.15, 0.2) is 0 Å². The first-order valence-electron chi connectivity index (χ1n) is 8.97. The van der Waals surface area contributed by atoms with Crippen molar-refractivity contribution in [2.45, 2.75) is 64.5 Å². The van der Waals surface area contributed by atoms with Gasteiger partial charge >= 0.3 is 5.97 Å². The lowest BCUT2D eigenvalue weighted by atomic mass is 10.0. The van der Waals surface area contributed by atoms with Gasteiger partial charge in [0.1, 0.15) is 6.04 Å². The monoisotopic (exact) mass is 392 g/mol. The number of nitrogens with zero attached hydrogens (tertiary/aromatic N) is 1. The van der Waals surface area contributed by atoms with Crippen molar-refractivity contribution < 1.29 is 23.9 Å². The smallest absolute Gasteiger partial charge is 0.330 e. The molecule has 7 nitrogen and oxygen atoms in total. The highest BCUT2D eigenvalue weighted by Gasteiger charge is 2.53. The van der Waals surface area contributed by atoms with Crippen LogP contribution in [0.1, 0.15) is 65.7 Å². The van der Waals surface area contributed by atoms with Crippen molar-refractivity contribution in [1.82, 2.24) is 9.88 Å².